The van der Waals surface area contributed by atoms with Crippen LogP contribution in [0, 0.1) is 11.6 Å². The third kappa shape index (κ3) is 2.18. The molecule has 3 nitrogen and oxygen atoms in total. The first-order valence-electron chi connectivity index (χ1n) is 3.78. The second kappa shape index (κ2) is 4.04. The lowest BCUT2D eigenvalue weighted by Gasteiger charge is -2.07. The fourth-order valence-electron chi connectivity index (χ4n) is 1.14. The molecule has 1 rings (SSSR count). The van der Waals surface area contributed by atoms with Crippen LogP contribution in [0.5, 0.6) is 5.75 Å². The Labute approximate surface area is 78.9 Å². The number of carboxylic acid groups (broad SMARTS) is 1. The Balaban J connectivity index is 3.17. The van der Waals surface area contributed by atoms with Gasteiger partial charge in [0, 0.05) is 11.6 Å². The molecule has 0 bridgehead atoms. The van der Waals surface area contributed by atoms with E-state index in [0.717, 1.165) is 6.07 Å². The Morgan fingerprint density at radius 3 is 2.64 bits per heavy atom. The highest BCUT2D eigenvalue weighted by atomic mass is 19.1. The molecular formula is C9H8F2O3. The highest BCUT2D eigenvalue weighted by Gasteiger charge is 2.14. The van der Waals surface area contributed by atoms with Gasteiger partial charge in [-0.3, -0.25) is 4.79 Å². The maximum atomic E-state index is 13.0. The fraction of sp³-hybridized carbons (Fsp3) is 0.222. The lowest BCUT2D eigenvalue weighted by Crippen LogP contribution is -2.04. The second-order valence-corrected chi connectivity index (χ2v) is 2.65. The summed E-state index contributed by atoms with van der Waals surface area (Å²) >= 11 is 0. The van der Waals surface area contributed by atoms with Crippen molar-refractivity contribution in [3.63, 3.8) is 0 Å². The number of carbonyl (C=O) groups is 1. The van der Waals surface area contributed by atoms with E-state index >= 15 is 0 Å². The van der Waals surface area contributed by atoms with Crippen molar-refractivity contribution in [2.24, 2.45) is 0 Å². The number of halogens is 2. The number of methoxy groups -OCH3 is 1. The van der Waals surface area contributed by atoms with E-state index in [9.17, 15) is 13.6 Å². The van der Waals surface area contributed by atoms with Gasteiger partial charge >= 0.3 is 5.97 Å². The maximum Gasteiger partial charge on any atom is 0.307 e. The van der Waals surface area contributed by atoms with Crippen LogP contribution in [0.2, 0.25) is 0 Å². The first kappa shape index (κ1) is 10.4. The third-order valence-electron chi connectivity index (χ3n) is 1.63. The van der Waals surface area contributed by atoms with Gasteiger partial charge in [-0.25, -0.2) is 8.78 Å². The van der Waals surface area contributed by atoms with Gasteiger partial charge in [0.1, 0.15) is 5.82 Å². The Kier molecular flexibility index (Phi) is 3.01. The number of hydrogen-bond acceptors (Lipinski definition) is 2. The summed E-state index contributed by atoms with van der Waals surface area (Å²) in [7, 11) is 1.20. The number of benzene rings is 1. The Hall–Kier alpha value is -1.65. The van der Waals surface area contributed by atoms with E-state index in [1.807, 2.05) is 0 Å². The van der Waals surface area contributed by atoms with E-state index in [2.05, 4.69) is 4.74 Å². The van der Waals surface area contributed by atoms with Gasteiger partial charge in [0.15, 0.2) is 11.6 Å². The minimum Gasteiger partial charge on any atom is -0.493 e. The molecule has 76 valence electrons. The van der Waals surface area contributed by atoms with Crippen molar-refractivity contribution < 1.29 is 23.4 Å². The molecular weight excluding hydrogens is 194 g/mol. The summed E-state index contributed by atoms with van der Waals surface area (Å²) in [5, 5.41) is 8.47. The Bertz CT molecular complexity index is 363. The summed E-state index contributed by atoms with van der Waals surface area (Å²) in [6, 6.07) is 1.58. The molecule has 0 fully saturated rings. The van der Waals surface area contributed by atoms with Crippen LogP contribution >= 0.6 is 0 Å². The topological polar surface area (TPSA) is 46.5 Å². The molecule has 0 unspecified atom stereocenters. The van der Waals surface area contributed by atoms with Crippen molar-refractivity contribution in [1.29, 1.82) is 0 Å². The zero-order chi connectivity index (χ0) is 10.7. The monoisotopic (exact) mass is 202 g/mol. The van der Waals surface area contributed by atoms with Gasteiger partial charge in [-0.2, -0.15) is 0 Å². The molecule has 0 aliphatic rings. The quantitative estimate of drug-likeness (QED) is 0.809. The van der Waals surface area contributed by atoms with Crippen LogP contribution in [0.15, 0.2) is 12.1 Å². The van der Waals surface area contributed by atoms with Crippen LogP contribution in [0.1, 0.15) is 5.56 Å². The summed E-state index contributed by atoms with van der Waals surface area (Å²) in [6.45, 7) is 0. The molecule has 1 aromatic rings. The van der Waals surface area contributed by atoms with E-state index < -0.39 is 24.0 Å². The standard InChI is InChI=1S/C9H8F2O3/c1-14-9-5(3-8(12)13)2-6(10)4-7(9)11/h2,4H,3H2,1H3,(H,12,13). The molecule has 0 amide bonds. The lowest BCUT2D eigenvalue weighted by molar-refractivity contribution is -0.136. The average molecular weight is 202 g/mol. The first-order chi connectivity index (χ1) is 6.54. The van der Waals surface area contributed by atoms with Crippen molar-refractivity contribution in [2.45, 2.75) is 6.42 Å². The summed E-state index contributed by atoms with van der Waals surface area (Å²) in [4.78, 5) is 10.4. The molecule has 0 aromatic heterocycles. The van der Waals surface area contributed by atoms with Gasteiger partial charge in [0.2, 0.25) is 0 Å². The smallest absolute Gasteiger partial charge is 0.307 e. The average Bonchev–Trinajstić information content (AvgIpc) is 2.01. The molecule has 0 atom stereocenters. The van der Waals surface area contributed by atoms with Gasteiger partial charge in [-0.15, -0.1) is 0 Å². The van der Waals surface area contributed by atoms with E-state index in [-0.39, 0.29) is 11.3 Å². The summed E-state index contributed by atoms with van der Waals surface area (Å²) < 4.78 is 30.3. The van der Waals surface area contributed by atoms with Crippen LogP contribution < -0.4 is 4.74 Å². The highest BCUT2D eigenvalue weighted by Crippen LogP contribution is 2.24. The van der Waals surface area contributed by atoms with Crippen molar-refractivity contribution >= 4 is 5.97 Å². The first-order valence-corrected chi connectivity index (χ1v) is 3.78. The molecule has 0 radical (unpaired) electrons. The minimum absolute atomic E-state index is 0.0162. The Morgan fingerprint density at radius 1 is 1.50 bits per heavy atom. The van der Waals surface area contributed by atoms with Gasteiger partial charge < -0.3 is 9.84 Å². The van der Waals surface area contributed by atoms with Crippen LogP contribution in [0.4, 0.5) is 8.78 Å². The molecule has 0 saturated heterocycles. The van der Waals surface area contributed by atoms with Crippen molar-refractivity contribution in [3.05, 3.63) is 29.3 Å². The van der Waals surface area contributed by atoms with Gasteiger partial charge in [-0.05, 0) is 6.07 Å². The number of rotatable bonds is 3. The van der Waals surface area contributed by atoms with Gasteiger partial charge in [0.05, 0.1) is 13.5 Å². The van der Waals surface area contributed by atoms with E-state index in [1.54, 1.807) is 0 Å². The highest BCUT2D eigenvalue weighted by molar-refractivity contribution is 5.71. The predicted octanol–water partition coefficient (Wildman–Crippen LogP) is 1.60. The van der Waals surface area contributed by atoms with Crippen LogP contribution in [0.3, 0.4) is 0 Å². The van der Waals surface area contributed by atoms with Crippen LogP contribution in [-0.2, 0) is 11.2 Å². The normalized spacial score (nSPS) is 9.93. The van der Waals surface area contributed by atoms with E-state index in [0.29, 0.717) is 6.07 Å². The van der Waals surface area contributed by atoms with E-state index in [4.69, 9.17) is 5.11 Å². The number of carboxylic acids is 1. The van der Waals surface area contributed by atoms with Crippen molar-refractivity contribution in [2.75, 3.05) is 7.11 Å². The fourth-order valence-corrected chi connectivity index (χ4v) is 1.14. The molecule has 0 aliphatic heterocycles. The third-order valence-corrected chi connectivity index (χ3v) is 1.63. The van der Waals surface area contributed by atoms with Gasteiger partial charge in [-0.1, -0.05) is 0 Å². The lowest BCUT2D eigenvalue weighted by atomic mass is 10.1. The van der Waals surface area contributed by atoms with E-state index in [1.165, 1.54) is 7.11 Å². The number of ether oxygens (including phenoxy) is 1. The van der Waals surface area contributed by atoms with Crippen molar-refractivity contribution in [3.8, 4) is 5.75 Å². The SMILES string of the molecule is COc1c(F)cc(F)cc1CC(=O)O. The summed E-state index contributed by atoms with van der Waals surface area (Å²) in [6.07, 6.45) is -0.474. The number of aliphatic carboxylic acids is 1. The number of hydrogen-bond donors (Lipinski definition) is 1. The summed E-state index contributed by atoms with van der Waals surface area (Å²) in [5.74, 6) is -3.12. The predicted molar refractivity (Wildman–Crippen MR) is 44.2 cm³/mol. The van der Waals surface area contributed by atoms with Crippen LogP contribution in [-0.4, -0.2) is 18.2 Å². The molecule has 1 aromatic carbocycles. The maximum absolute atomic E-state index is 13.0. The molecule has 14 heavy (non-hydrogen) atoms. The molecule has 0 spiro atoms. The minimum atomic E-state index is -1.17. The second-order valence-electron chi connectivity index (χ2n) is 2.65. The van der Waals surface area contributed by atoms with Gasteiger partial charge in [0.25, 0.3) is 0 Å². The van der Waals surface area contributed by atoms with Crippen molar-refractivity contribution in [1.82, 2.24) is 0 Å². The largest absolute Gasteiger partial charge is 0.493 e. The zero-order valence-electron chi connectivity index (χ0n) is 7.38. The molecule has 1 N–H and O–H groups in total. The van der Waals surface area contributed by atoms with Crippen LogP contribution in [0.25, 0.3) is 0 Å². The molecule has 5 heteroatoms. The zero-order valence-corrected chi connectivity index (χ0v) is 7.38. The molecule has 0 aliphatic carbocycles. The Morgan fingerprint density at radius 2 is 2.14 bits per heavy atom. The summed E-state index contributed by atoms with van der Waals surface area (Å²) in [5.41, 5.74) is -0.0162. The molecule has 0 heterocycles. The molecule has 0 saturated carbocycles.